The maximum atomic E-state index is 13.4. The van der Waals surface area contributed by atoms with Crippen molar-refractivity contribution >= 4 is 25.5 Å². The summed E-state index contributed by atoms with van der Waals surface area (Å²) in [6.07, 6.45) is 0. The summed E-state index contributed by atoms with van der Waals surface area (Å²) in [4.78, 5) is 7.36. The molecule has 86 valence electrons. The van der Waals surface area contributed by atoms with Crippen molar-refractivity contribution in [2.24, 2.45) is 0 Å². The Morgan fingerprint density at radius 3 is 2.50 bits per heavy atom. The predicted molar refractivity (Wildman–Crippen MR) is 53.3 cm³/mol. The first-order valence-electron chi connectivity index (χ1n) is 4.15. The Bertz CT molecular complexity index is 681. The highest BCUT2D eigenvalue weighted by Gasteiger charge is 2.20. The molecule has 0 fully saturated rings. The third-order valence-electron chi connectivity index (χ3n) is 2.01. The molecule has 9 heteroatoms. The first-order valence-corrected chi connectivity index (χ1v) is 6.46. The summed E-state index contributed by atoms with van der Waals surface area (Å²) in [7, 11) is 1.03. The summed E-state index contributed by atoms with van der Waals surface area (Å²) in [5, 5.41) is 2.98. The Balaban J connectivity index is 2.87. The highest BCUT2D eigenvalue weighted by molar-refractivity contribution is 8.13. The molecule has 0 amide bonds. The van der Waals surface area contributed by atoms with Crippen molar-refractivity contribution in [2.45, 2.75) is 19.0 Å². The molecule has 0 unspecified atom stereocenters. The van der Waals surface area contributed by atoms with E-state index in [1.165, 1.54) is 13.8 Å². The monoisotopic (exact) mass is 264 g/mol. The molecule has 6 nitrogen and oxygen atoms in total. The third kappa shape index (κ3) is 1.63. The van der Waals surface area contributed by atoms with Gasteiger partial charge in [-0.15, -0.1) is 5.10 Å². The molecular weight excluding hydrogens is 259 g/mol. The minimum absolute atomic E-state index is 0.00405. The number of nitrogens with zero attached hydrogens (tertiary/aromatic N) is 4. The zero-order valence-electron chi connectivity index (χ0n) is 8.27. The molecule has 16 heavy (non-hydrogen) atoms. The lowest BCUT2D eigenvalue weighted by molar-refractivity contribution is 0.577. The molecule has 0 aromatic carbocycles. The summed E-state index contributed by atoms with van der Waals surface area (Å²) < 4.78 is 36.4. The lowest BCUT2D eigenvalue weighted by atomic mass is 10.3. The fourth-order valence-corrected chi connectivity index (χ4v) is 1.81. The molecule has 0 saturated carbocycles. The van der Waals surface area contributed by atoms with Crippen LogP contribution in [0.5, 0.6) is 0 Å². The zero-order chi connectivity index (χ0) is 12.1. The topological polar surface area (TPSA) is 77.2 Å². The van der Waals surface area contributed by atoms with Crippen LogP contribution < -0.4 is 0 Å². The molecule has 0 aliphatic carbocycles. The summed E-state index contributed by atoms with van der Waals surface area (Å²) in [6, 6.07) is 0. The molecule has 2 aromatic heterocycles. The van der Waals surface area contributed by atoms with E-state index in [0.717, 1.165) is 4.52 Å². The number of hydrogen-bond acceptors (Lipinski definition) is 5. The number of rotatable bonds is 1. The van der Waals surface area contributed by atoms with Crippen molar-refractivity contribution in [2.75, 3.05) is 0 Å². The first kappa shape index (κ1) is 11.2. The molecular formula is C7H6ClFN4O2S. The fourth-order valence-electron chi connectivity index (χ4n) is 1.24. The summed E-state index contributed by atoms with van der Waals surface area (Å²) in [5.41, 5.74) is 0.248. The van der Waals surface area contributed by atoms with Crippen LogP contribution in [0.3, 0.4) is 0 Å². The summed E-state index contributed by atoms with van der Waals surface area (Å²) in [5.74, 6) is -0.563. The average Bonchev–Trinajstić information content (AvgIpc) is 2.57. The van der Waals surface area contributed by atoms with Crippen molar-refractivity contribution in [3.63, 3.8) is 0 Å². The molecule has 2 rings (SSSR count). The number of fused-ring (bicyclic) bond motifs is 1. The number of aromatic nitrogens is 4. The third-order valence-corrected chi connectivity index (χ3v) is 3.03. The highest BCUT2D eigenvalue weighted by atomic mass is 35.7. The second kappa shape index (κ2) is 3.36. The van der Waals surface area contributed by atoms with E-state index in [9.17, 15) is 12.8 Å². The van der Waals surface area contributed by atoms with Gasteiger partial charge < -0.3 is 0 Å². The Morgan fingerprint density at radius 1 is 1.31 bits per heavy atom. The SMILES string of the molecule is Cc1nc2nc(S(=O)(=O)Cl)nn2c(C)c1F. The van der Waals surface area contributed by atoms with Crippen LogP contribution in [0.2, 0.25) is 0 Å². The number of hydrogen-bond donors (Lipinski definition) is 0. The van der Waals surface area contributed by atoms with Gasteiger partial charge in [-0.3, -0.25) is 0 Å². The smallest absolute Gasteiger partial charge is 0.213 e. The Hall–Kier alpha value is -1.28. The Morgan fingerprint density at radius 2 is 1.94 bits per heavy atom. The molecule has 0 aliphatic rings. The summed E-state index contributed by atoms with van der Waals surface area (Å²) >= 11 is 0. The van der Waals surface area contributed by atoms with Gasteiger partial charge in [-0.1, -0.05) is 0 Å². The highest BCUT2D eigenvalue weighted by Crippen LogP contribution is 2.15. The van der Waals surface area contributed by atoms with E-state index in [-0.39, 0.29) is 17.2 Å². The van der Waals surface area contributed by atoms with E-state index >= 15 is 0 Å². The van der Waals surface area contributed by atoms with Crippen molar-refractivity contribution < 1.29 is 12.8 Å². The van der Waals surface area contributed by atoms with Gasteiger partial charge in [-0.2, -0.15) is 9.50 Å². The standard InChI is InChI=1S/C7H6ClFN4O2S/c1-3-5(9)4(2)13-6(10-3)11-7(12-13)16(8,14)15/h1-2H3. The van der Waals surface area contributed by atoms with Crippen LogP contribution >= 0.6 is 10.7 Å². The summed E-state index contributed by atoms with van der Waals surface area (Å²) in [6.45, 7) is 2.89. The molecule has 0 atom stereocenters. The predicted octanol–water partition coefficient (Wildman–Crippen LogP) is 0.808. The molecule has 0 spiro atoms. The van der Waals surface area contributed by atoms with E-state index in [4.69, 9.17) is 10.7 Å². The van der Waals surface area contributed by atoms with E-state index in [2.05, 4.69) is 15.1 Å². The second-order valence-corrected chi connectivity index (χ2v) is 5.60. The van der Waals surface area contributed by atoms with Crippen LogP contribution in [-0.4, -0.2) is 28.0 Å². The average molecular weight is 265 g/mol. The van der Waals surface area contributed by atoms with Crippen LogP contribution in [0.25, 0.3) is 5.78 Å². The van der Waals surface area contributed by atoms with Gasteiger partial charge in [0.1, 0.15) is 0 Å². The quantitative estimate of drug-likeness (QED) is 0.712. The van der Waals surface area contributed by atoms with Crippen LogP contribution in [0.4, 0.5) is 4.39 Å². The van der Waals surface area contributed by atoms with Gasteiger partial charge in [0.2, 0.25) is 0 Å². The first-order chi connectivity index (χ1) is 7.30. The molecule has 0 saturated heterocycles. The molecule has 0 aliphatic heterocycles. The zero-order valence-corrected chi connectivity index (χ0v) is 9.84. The van der Waals surface area contributed by atoms with Crippen molar-refractivity contribution in [1.29, 1.82) is 0 Å². The van der Waals surface area contributed by atoms with Crippen LogP contribution in [0, 0.1) is 19.7 Å². The van der Waals surface area contributed by atoms with Gasteiger partial charge in [0.25, 0.3) is 20.0 Å². The largest absolute Gasteiger partial charge is 0.298 e. The maximum Gasteiger partial charge on any atom is 0.298 e. The molecule has 2 heterocycles. The van der Waals surface area contributed by atoms with Gasteiger partial charge in [0.05, 0.1) is 11.4 Å². The van der Waals surface area contributed by atoms with E-state index in [1.807, 2.05) is 0 Å². The second-order valence-electron chi connectivity index (χ2n) is 3.14. The minimum atomic E-state index is -4.04. The van der Waals surface area contributed by atoms with E-state index in [1.54, 1.807) is 0 Å². The normalized spacial score (nSPS) is 12.2. The lowest BCUT2D eigenvalue weighted by Gasteiger charge is -2.00. The van der Waals surface area contributed by atoms with Gasteiger partial charge >= 0.3 is 0 Å². The fraction of sp³-hybridized carbons (Fsp3) is 0.286. The maximum absolute atomic E-state index is 13.4. The van der Waals surface area contributed by atoms with Gasteiger partial charge in [-0.25, -0.2) is 17.8 Å². The van der Waals surface area contributed by atoms with Crippen molar-refractivity contribution in [3.05, 3.63) is 17.2 Å². The van der Waals surface area contributed by atoms with Crippen LogP contribution in [-0.2, 0) is 9.05 Å². The van der Waals surface area contributed by atoms with Gasteiger partial charge in [-0.05, 0) is 13.8 Å². The van der Waals surface area contributed by atoms with Crippen molar-refractivity contribution in [1.82, 2.24) is 19.6 Å². The Kier molecular flexibility index (Phi) is 2.35. The molecule has 0 N–H and O–H groups in total. The van der Waals surface area contributed by atoms with Crippen LogP contribution in [0.15, 0.2) is 5.16 Å². The van der Waals surface area contributed by atoms with Crippen LogP contribution in [0.1, 0.15) is 11.4 Å². The van der Waals surface area contributed by atoms with E-state index < -0.39 is 20.0 Å². The van der Waals surface area contributed by atoms with Crippen molar-refractivity contribution in [3.8, 4) is 0 Å². The molecule has 0 bridgehead atoms. The van der Waals surface area contributed by atoms with E-state index in [0.29, 0.717) is 0 Å². The minimum Gasteiger partial charge on any atom is -0.213 e. The lowest BCUT2D eigenvalue weighted by Crippen LogP contribution is -2.03. The van der Waals surface area contributed by atoms with Gasteiger partial charge in [0.15, 0.2) is 5.82 Å². The Labute approximate surface area is 94.5 Å². The molecule has 0 radical (unpaired) electrons. The number of aryl methyl sites for hydroxylation is 2. The molecule has 2 aromatic rings. The number of halogens is 2. The van der Waals surface area contributed by atoms with Gasteiger partial charge in [0, 0.05) is 10.7 Å².